The van der Waals surface area contributed by atoms with Crippen molar-refractivity contribution in [2.24, 2.45) is 11.8 Å². The van der Waals surface area contributed by atoms with Crippen LogP contribution in [0.2, 0.25) is 0 Å². The maximum atomic E-state index is 9.12. The van der Waals surface area contributed by atoms with Crippen LogP contribution in [0, 0.1) is 17.9 Å². The first-order valence-electron chi connectivity index (χ1n) is 3.11. The molecule has 0 saturated carbocycles. The minimum absolute atomic E-state index is 0.315. The molecule has 0 amide bonds. The average molecular weight is 115 g/mol. The predicted molar refractivity (Wildman–Crippen MR) is 34.9 cm³/mol. The molecule has 0 aromatic heterocycles. The quantitative estimate of drug-likeness (QED) is 0.585. The molecule has 49 valence electrons. The Kier molecular flexibility index (Phi) is 3.06. The standard InChI is InChI=1S/C7H15O/c1-5(2)7(8)6(3)4/h5-6,8H,1-4H3. The Balaban J connectivity index is 3.46. The summed E-state index contributed by atoms with van der Waals surface area (Å²) in [5.74, 6) is 0.630. The normalized spacial score (nSPS) is 12.0. The summed E-state index contributed by atoms with van der Waals surface area (Å²) >= 11 is 0. The van der Waals surface area contributed by atoms with Gasteiger partial charge >= 0.3 is 0 Å². The van der Waals surface area contributed by atoms with Crippen LogP contribution in [-0.4, -0.2) is 5.11 Å². The van der Waals surface area contributed by atoms with E-state index in [1.807, 2.05) is 27.7 Å². The van der Waals surface area contributed by atoms with Crippen LogP contribution in [0.25, 0.3) is 0 Å². The van der Waals surface area contributed by atoms with Gasteiger partial charge < -0.3 is 5.11 Å². The Morgan fingerprint density at radius 1 is 1.00 bits per heavy atom. The first-order valence-corrected chi connectivity index (χ1v) is 3.11. The fourth-order valence-electron chi connectivity index (χ4n) is 0.667. The van der Waals surface area contributed by atoms with Crippen molar-refractivity contribution < 1.29 is 5.11 Å². The minimum atomic E-state index is 0.315. The topological polar surface area (TPSA) is 20.2 Å². The molecule has 0 aliphatic heterocycles. The van der Waals surface area contributed by atoms with Gasteiger partial charge in [0.05, 0.1) is 6.10 Å². The monoisotopic (exact) mass is 115 g/mol. The van der Waals surface area contributed by atoms with Crippen molar-refractivity contribution in [2.75, 3.05) is 0 Å². The Labute approximate surface area is 51.7 Å². The van der Waals surface area contributed by atoms with Gasteiger partial charge in [0.15, 0.2) is 0 Å². The summed E-state index contributed by atoms with van der Waals surface area (Å²) in [6, 6.07) is 0. The summed E-state index contributed by atoms with van der Waals surface area (Å²) in [7, 11) is 0. The second-order valence-electron chi connectivity index (χ2n) is 2.73. The van der Waals surface area contributed by atoms with Gasteiger partial charge in [0, 0.05) is 0 Å². The molecule has 0 heterocycles. The van der Waals surface area contributed by atoms with Gasteiger partial charge in [-0.3, -0.25) is 0 Å². The fraction of sp³-hybridized carbons (Fsp3) is 0.857. The van der Waals surface area contributed by atoms with E-state index in [-0.39, 0.29) is 0 Å². The second-order valence-corrected chi connectivity index (χ2v) is 2.73. The third-order valence-electron chi connectivity index (χ3n) is 1.18. The summed E-state index contributed by atoms with van der Waals surface area (Å²) in [4.78, 5) is 0. The second kappa shape index (κ2) is 3.08. The van der Waals surface area contributed by atoms with Crippen molar-refractivity contribution in [3.63, 3.8) is 0 Å². The number of hydrogen-bond acceptors (Lipinski definition) is 1. The highest BCUT2D eigenvalue weighted by Gasteiger charge is 2.13. The van der Waals surface area contributed by atoms with Gasteiger partial charge in [-0.1, -0.05) is 27.7 Å². The van der Waals surface area contributed by atoms with E-state index >= 15 is 0 Å². The van der Waals surface area contributed by atoms with Crippen LogP contribution < -0.4 is 0 Å². The molecule has 0 aromatic rings. The summed E-state index contributed by atoms with van der Waals surface area (Å²) < 4.78 is 0. The summed E-state index contributed by atoms with van der Waals surface area (Å²) in [6.45, 7) is 7.98. The zero-order valence-electron chi connectivity index (χ0n) is 6.10. The molecule has 1 heteroatoms. The molecule has 0 saturated heterocycles. The maximum absolute atomic E-state index is 9.12. The van der Waals surface area contributed by atoms with E-state index < -0.39 is 0 Å². The zero-order valence-corrected chi connectivity index (χ0v) is 6.10. The van der Waals surface area contributed by atoms with E-state index in [1.165, 1.54) is 0 Å². The first kappa shape index (κ1) is 7.96. The molecule has 0 aromatic carbocycles. The minimum Gasteiger partial charge on any atom is -0.386 e. The van der Waals surface area contributed by atoms with Crippen LogP contribution in [0.4, 0.5) is 0 Å². The van der Waals surface area contributed by atoms with Gasteiger partial charge in [-0.05, 0) is 11.8 Å². The number of aliphatic hydroxyl groups is 1. The summed E-state index contributed by atoms with van der Waals surface area (Å²) in [6.07, 6.45) is 0.602. The molecule has 0 aliphatic carbocycles. The molecule has 0 bridgehead atoms. The number of aliphatic hydroxyl groups excluding tert-OH is 1. The molecule has 0 unspecified atom stereocenters. The van der Waals surface area contributed by atoms with Crippen LogP contribution in [0.15, 0.2) is 0 Å². The van der Waals surface area contributed by atoms with Gasteiger partial charge in [-0.2, -0.15) is 0 Å². The van der Waals surface area contributed by atoms with Gasteiger partial charge in [-0.15, -0.1) is 0 Å². The number of rotatable bonds is 2. The Bertz CT molecular complexity index is 49.4. The van der Waals surface area contributed by atoms with E-state index in [4.69, 9.17) is 5.11 Å². The zero-order chi connectivity index (χ0) is 6.73. The fourth-order valence-corrected chi connectivity index (χ4v) is 0.667. The largest absolute Gasteiger partial charge is 0.386 e. The van der Waals surface area contributed by atoms with E-state index in [9.17, 15) is 0 Å². The van der Waals surface area contributed by atoms with Crippen molar-refractivity contribution in [1.29, 1.82) is 0 Å². The Hall–Kier alpha value is -0.0400. The maximum Gasteiger partial charge on any atom is 0.0983 e. The molecule has 0 rings (SSSR count). The summed E-state index contributed by atoms with van der Waals surface area (Å²) in [5, 5.41) is 9.12. The third kappa shape index (κ3) is 2.31. The smallest absolute Gasteiger partial charge is 0.0983 e. The molecule has 0 atom stereocenters. The molecule has 0 spiro atoms. The molecule has 1 N–H and O–H groups in total. The van der Waals surface area contributed by atoms with Gasteiger partial charge in [0.1, 0.15) is 0 Å². The highest BCUT2D eigenvalue weighted by Crippen LogP contribution is 2.18. The summed E-state index contributed by atoms with van der Waals surface area (Å²) in [5.41, 5.74) is 0. The van der Waals surface area contributed by atoms with Crippen LogP contribution in [0.5, 0.6) is 0 Å². The van der Waals surface area contributed by atoms with Crippen LogP contribution >= 0.6 is 0 Å². The number of hydrogen-bond donors (Lipinski definition) is 1. The first-order chi connectivity index (χ1) is 3.55. The lowest BCUT2D eigenvalue weighted by atomic mass is 9.97. The average Bonchev–Trinajstić information content (AvgIpc) is 1.64. The molecule has 8 heavy (non-hydrogen) atoms. The lowest BCUT2D eigenvalue weighted by Gasteiger charge is -2.15. The molecular formula is C7H15O. The molecule has 0 aliphatic rings. The molecule has 1 nitrogen and oxygen atoms in total. The van der Waals surface area contributed by atoms with Crippen molar-refractivity contribution in [3.05, 3.63) is 6.10 Å². The lowest BCUT2D eigenvalue weighted by Crippen LogP contribution is -2.11. The van der Waals surface area contributed by atoms with E-state index in [1.54, 1.807) is 0 Å². The third-order valence-corrected chi connectivity index (χ3v) is 1.18. The van der Waals surface area contributed by atoms with Gasteiger partial charge in [0.2, 0.25) is 0 Å². The molecule has 1 radical (unpaired) electrons. The predicted octanol–water partition coefficient (Wildman–Crippen LogP) is 2.20. The van der Waals surface area contributed by atoms with Crippen molar-refractivity contribution in [1.82, 2.24) is 0 Å². The highest BCUT2D eigenvalue weighted by atomic mass is 16.3. The van der Waals surface area contributed by atoms with Crippen LogP contribution in [-0.2, 0) is 0 Å². The van der Waals surface area contributed by atoms with Crippen molar-refractivity contribution in [3.8, 4) is 0 Å². The molecular weight excluding hydrogens is 100 g/mol. The Morgan fingerprint density at radius 3 is 1.25 bits per heavy atom. The lowest BCUT2D eigenvalue weighted by molar-refractivity contribution is 0.196. The van der Waals surface area contributed by atoms with Crippen molar-refractivity contribution in [2.45, 2.75) is 27.7 Å². The van der Waals surface area contributed by atoms with Crippen LogP contribution in [0.3, 0.4) is 0 Å². The van der Waals surface area contributed by atoms with Gasteiger partial charge in [-0.25, -0.2) is 0 Å². The highest BCUT2D eigenvalue weighted by molar-refractivity contribution is 4.82. The van der Waals surface area contributed by atoms with Gasteiger partial charge in [0.25, 0.3) is 0 Å². The molecule has 0 fully saturated rings. The van der Waals surface area contributed by atoms with Crippen LogP contribution in [0.1, 0.15) is 27.7 Å². The van der Waals surface area contributed by atoms with E-state index in [0.29, 0.717) is 17.9 Å². The Morgan fingerprint density at radius 2 is 1.25 bits per heavy atom. The SMILES string of the molecule is CC(C)[C](O)C(C)C. The van der Waals surface area contributed by atoms with E-state index in [2.05, 4.69) is 0 Å². The van der Waals surface area contributed by atoms with Crippen molar-refractivity contribution >= 4 is 0 Å². The van der Waals surface area contributed by atoms with E-state index in [0.717, 1.165) is 0 Å².